The van der Waals surface area contributed by atoms with Gasteiger partial charge in [0.2, 0.25) is 5.89 Å². The summed E-state index contributed by atoms with van der Waals surface area (Å²) in [5.74, 6) is -1.02. The summed E-state index contributed by atoms with van der Waals surface area (Å²) in [6.45, 7) is 0. The molecule has 0 bridgehead atoms. The summed E-state index contributed by atoms with van der Waals surface area (Å²) in [5.41, 5.74) is 3.64. The zero-order valence-electron chi connectivity index (χ0n) is 13.8. The third-order valence-corrected chi connectivity index (χ3v) is 4.16. The van der Waals surface area contributed by atoms with Crippen LogP contribution < -0.4 is 5.48 Å². The molecule has 27 heavy (non-hydrogen) atoms. The van der Waals surface area contributed by atoms with Crippen LogP contribution >= 0.6 is 0 Å². The Balaban J connectivity index is 1.74. The van der Waals surface area contributed by atoms with Crippen LogP contribution in [0.4, 0.5) is 4.39 Å². The lowest BCUT2D eigenvalue weighted by molar-refractivity contribution is 0.0706. The molecule has 0 spiro atoms. The van der Waals surface area contributed by atoms with Crippen LogP contribution in [0.15, 0.2) is 65.1 Å². The van der Waals surface area contributed by atoms with E-state index in [0.717, 1.165) is 0 Å². The van der Waals surface area contributed by atoms with E-state index in [1.54, 1.807) is 41.9 Å². The number of rotatable bonds is 3. The number of phenolic OH excluding ortho intramolecular Hbond substituents is 1. The van der Waals surface area contributed by atoms with Crippen molar-refractivity contribution in [3.63, 3.8) is 0 Å². The molecule has 0 unspecified atom stereocenters. The molecule has 4 aromatic rings. The van der Waals surface area contributed by atoms with Gasteiger partial charge in [-0.15, -0.1) is 0 Å². The number of fused-ring (bicyclic) bond motifs is 1. The lowest BCUT2D eigenvalue weighted by atomic mass is 10.0. The summed E-state index contributed by atoms with van der Waals surface area (Å²) in [6, 6.07) is 15.4. The van der Waals surface area contributed by atoms with Gasteiger partial charge in [0.05, 0.1) is 0 Å². The Morgan fingerprint density at radius 1 is 1.04 bits per heavy atom. The van der Waals surface area contributed by atoms with Gasteiger partial charge in [-0.05, 0) is 36.4 Å². The summed E-state index contributed by atoms with van der Waals surface area (Å²) in [5, 5.41) is 18.6. The second-order valence-corrected chi connectivity index (χ2v) is 5.85. The first kappa shape index (κ1) is 16.7. The second kappa shape index (κ2) is 6.54. The molecule has 3 aromatic carbocycles. The minimum absolute atomic E-state index is 0.0132. The van der Waals surface area contributed by atoms with Crippen LogP contribution in [0.1, 0.15) is 10.4 Å². The number of carbonyl (C=O) groups is 1. The van der Waals surface area contributed by atoms with Crippen molar-refractivity contribution < 1.29 is 23.9 Å². The Hall–Kier alpha value is -3.71. The SMILES string of the molecule is O=C(NO)c1ccc2oc(-c3ccc(-c4ccccc4O)c(F)c3)nc2c1. The highest BCUT2D eigenvalue weighted by Crippen LogP contribution is 2.33. The van der Waals surface area contributed by atoms with Crippen molar-refractivity contribution >= 4 is 17.0 Å². The zero-order chi connectivity index (χ0) is 19.0. The number of aromatic hydroxyl groups is 1. The topological polar surface area (TPSA) is 95.6 Å². The Morgan fingerprint density at radius 3 is 2.59 bits per heavy atom. The Bertz CT molecular complexity index is 1170. The van der Waals surface area contributed by atoms with Crippen molar-refractivity contribution in [2.75, 3.05) is 0 Å². The number of hydrogen-bond donors (Lipinski definition) is 3. The van der Waals surface area contributed by atoms with E-state index >= 15 is 0 Å². The highest BCUT2D eigenvalue weighted by molar-refractivity contribution is 5.96. The number of nitrogens with one attached hydrogen (secondary N) is 1. The number of halogens is 1. The number of hydroxylamine groups is 1. The lowest BCUT2D eigenvalue weighted by Gasteiger charge is -2.06. The predicted octanol–water partition coefficient (Wildman–Crippen LogP) is 4.13. The van der Waals surface area contributed by atoms with Gasteiger partial charge in [0.25, 0.3) is 5.91 Å². The molecule has 0 aliphatic heterocycles. The minimum atomic E-state index is -0.667. The van der Waals surface area contributed by atoms with E-state index in [1.165, 1.54) is 24.3 Å². The number of phenols is 1. The van der Waals surface area contributed by atoms with Gasteiger partial charge in [0.15, 0.2) is 5.58 Å². The van der Waals surface area contributed by atoms with Crippen LogP contribution in [-0.2, 0) is 0 Å². The van der Waals surface area contributed by atoms with E-state index in [2.05, 4.69) is 4.98 Å². The fraction of sp³-hybridized carbons (Fsp3) is 0. The highest BCUT2D eigenvalue weighted by atomic mass is 19.1. The van der Waals surface area contributed by atoms with Crippen molar-refractivity contribution in [1.82, 2.24) is 10.5 Å². The molecule has 7 heteroatoms. The number of oxazole rings is 1. The molecule has 3 N–H and O–H groups in total. The first-order valence-corrected chi connectivity index (χ1v) is 8.00. The van der Waals surface area contributed by atoms with E-state index in [-0.39, 0.29) is 22.8 Å². The van der Waals surface area contributed by atoms with Crippen LogP contribution in [0.5, 0.6) is 5.75 Å². The van der Waals surface area contributed by atoms with Crippen LogP contribution in [0.3, 0.4) is 0 Å². The molecule has 0 aliphatic carbocycles. The van der Waals surface area contributed by atoms with E-state index in [9.17, 15) is 14.3 Å². The fourth-order valence-corrected chi connectivity index (χ4v) is 2.82. The summed E-state index contributed by atoms with van der Waals surface area (Å²) in [4.78, 5) is 15.8. The average molecular weight is 364 g/mol. The third kappa shape index (κ3) is 3.00. The Morgan fingerprint density at radius 2 is 1.85 bits per heavy atom. The summed E-state index contributed by atoms with van der Waals surface area (Å²) >= 11 is 0. The molecule has 0 atom stereocenters. The maximum atomic E-state index is 14.6. The van der Waals surface area contributed by atoms with Crippen molar-refractivity contribution in [3.05, 3.63) is 72.0 Å². The minimum Gasteiger partial charge on any atom is -0.507 e. The van der Waals surface area contributed by atoms with Gasteiger partial charge in [0, 0.05) is 22.3 Å². The van der Waals surface area contributed by atoms with Crippen molar-refractivity contribution in [3.8, 4) is 28.3 Å². The van der Waals surface area contributed by atoms with Gasteiger partial charge >= 0.3 is 0 Å². The molecular weight excluding hydrogens is 351 g/mol. The van der Waals surface area contributed by atoms with Crippen molar-refractivity contribution in [2.45, 2.75) is 0 Å². The van der Waals surface area contributed by atoms with Crippen molar-refractivity contribution in [2.24, 2.45) is 0 Å². The number of carbonyl (C=O) groups excluding carboxylic acids is 1. The third-order valence-electron chi connectivity index (χ3n) is 4.16. The number of para-hydroxylation sites is 1. The largest absolute Gasteiger partial charge is 0.507 e. The number of nitrogens with zero attached hydrogens (tertiary/aromatic N) is 1. The van der Waals surface area contributed by atoms with E-state index in [0.29, 0.717) is 22.2 Å². The molecule has 0 radical (unpaired) electrons. The normalized spacial score (nSPS) is 10.9. The van der Waals surface area contributed by atoms with Crippen LogP contribution in [0, 0.1) is 5.82 Å². The van der Waals surface area contributed by atoms with Crippen LogP contribution in [0.25, 0.3) is 33.7 Å². The maximum Gasteiger partial charge on any atom is 0.274 e. The molecule has 0 aliphatic rings. The van der Waals surface area contributed by atoms with E-state index in [4.69, 9.17) is 9.62 Å². The quantitative estimate of drug-likeness (QED) is 0.375. The molecule has 0 fully saturated rings. The monoisotopic (exact) mass is 364 g/mol. The molecule has 0 saturated heterocycles. The molecule has 0 saturated carbocycles. The van der Waals surface area contributed by atoms with E-state index < -0.39 is 11.7 Å². The summed E-state index contributed by atoms with van der Waals surface area (Å²) < 4.78 is 20.2. The first-order chi connectivity index (χ1) is 13.1. The van der Waals surface area contributed by atoms with Crippen molar-refractivity contribution in [1.29, 1.82) is 0 Å². The Labute approximate surface area is 152 Å². The summed E-state index contributed by atoms with van der Waals surface area (Å²) in [6.07, 6.45) is 0. The number of benzene rings is 3. The molecule has 4 rings (SSSR count). The average Bonchev–Trinajstić information content (AvgIpc) is 3.11. The van der Waals surface area contributed by atoms with Gasteiger partial charge < -0.3 is 9.52 Å². The molecule has 1 amide bonds. The fourth-order valence-electron chi connectivity index (χ4n) is 2.82. The van der Waals surface area contributed by atoms with Gasteiger partial charge in [-0.1, -0.05) is 24.3 Å². The maximum absolute atomic E-state index is 14.6. The van der Waals surface area contributed by atoms with Gasteiger partial charge in [-0.2, -0.15) is 0 Å². The molecular formula is C20H13FN2O4. The lowest BCUT2D eigenvalue weighted by Crippen LogP contribution is -2.18. The van der Waals surface area contributed by atoms with Crippen LogP contribution in [-0.4, -0.2) is 21.2 Å². The first-order valence-electron chi connectivity index (χ1n) is 8.00. The zero-order valence-corrected chi connectivity index (χ0v) is 13.8. The number of hydrogen-bond acceptors (Lipinski definition) is 5. The van der Waals surface area contributed by atoms with Crippen LogP contribution in [0.2, 0.25) is 0 Å². The van der Waals surface area contributed by atoms with E-state index in [1.807, 2.05) is 0 Å². The predicted molar refractivity (Wildman–Crippen MR) is 95.8 cm³/mol. The molecule has 1 heterocycles. The van der Waals surface area contributed by atoms with Gasteiger partial charge in [-0.25, -0.2) is 14.9 Å². The number of amides is 1. The smallest absolute Gasteiger partial charge is 0.274 e. The molecule has 134 valence electrons. The Kier molecular flexibility index (Phi) is 4.06. The summed E-state index contributed by atoms with van der Waals surface area (Å²) in [7, 11) is 0. The highest BCUT2D eigenvalue weighted by Gasteiger charge is 2.15. The number of aromatic nitrogens is 1. The standard InChI is InChI=1S/C20H13FN2O4/c21-15-9-12(5-7-13(15)14-3-1-2-4-17(14)24)20-22-16-10-11(19(25)23-26)6-8-18(16)27-20/h1-10,24,26H,(H,23,25). The second-order valence-electron chi connectivity index (χ2n) is 5.85. The van der Waals surface area contributed by atoms with Gasteiger partial charge in [0.1, 0.15) is 17.1 Å². The molecule has 6 nitrogen and oxygen atoms in total. The van der Waals surface area contributed by atoms with Gasteiger partial charge in [-0.3, -0.25) is 10.0 Å². The molecule has 1 aromatic heterocycles.